The molecule has 3 aromatic carbocycles. The van der Waals surface area contributed by atoms with Crippen molar-refractivity contribution in [2.24, 2.45) is 0 Å². The summed E-state index contributed by atoms with van der Waals surface area (Å²) in [7, 11) is 0. The highest BCUT2D eigenvalue weighted by atomic mass is 79.9. The number of aliphatic hydroxyl groups excluding tert-OH is 1. The number of rotatable bonds is 6. The highest BCUT2D eigenvalue weighted by Crippen LogP contribution is 2.42. The zero-order chi connectivity index (χ0) is 24.4. The normalized spacial score (nSPS) is 17.3. The van der Waals surface area contributed by atoms with Crippen molar-refractivity contribution in [1.29, 1.82) is 0 Å². The topological polar surface area (TPSA) is 60.9 Å². The molecule has 4 rings (SSSR count). The van der Waals surface area contributed by atoms with E-state index in [9.17, 15) is 14.7 Å². The first-order valence-electron chi connectivity index (χ1n) is 11.3. The number of hydrogen-bond acceptors (Lipinski definition) is 4. The molecule has 0 aromatic heterocycles. The number of nitrogens with zero attached hydrogens (tertiary/aromatic N) is 2. The Morgan fingerprint density at radius 2 is 1.62 bits per heavy atom. The van der Waals surface area contributed by atoms with E-state index in [0.29, 0.717) is 11.3 Å². The molecule has 0 spiro atoms. The van der Waals surface area contributed by atoms with Crippen molar-refractivity contribution in [3.8, 4) is 0 Å². The van der Waals surface area contributed by atoms with Gasteiger partial charge in [0.1, 0.15) is 5.76 Å². The standard InChI is InChI=1S/C28H27BrN2O3/c1-4-30(5-2)22-13-15-23(16-14-22)31-25(20-8-6-7-18(3)17-20)24(27(33)28(31)34)26(32)19-9-11-21(29)12-10-19/h6-17,25,32H,4-5H2,1-3H3/b26-24-. The third-order valence-electron chi connectivity index (χ3n) is 6.18. The number of carbonyl (C=O) groups is 2. The van der Waals surface area contributed by atoms with Crippen LogP contribution in [-0.4, -0.2) is 29.9 Å². The first kappa shape index (κ1) is 23.8. The molecule has 3 aromatic rings. The summed E-state index contributed by atoms with van der Waals surface area (Å²) >= 11 is 3.39. The summed E-state index contributed by atoms with van der Waals surface area (Å²) in [6.45, 7) is 7.89. The summed E-state index contributed by atoms with van der Waals surface area (Å²) in [5.74, 6) is -1.53. The van der Waals surface area contributed by atoms with Crippen LogP contribution in [0.25, 0.3) is 5.76 Å². The summed E-state index contributed by atoms with van der Waals surface area (Å²) in [5, 5.41) is 11.2. The fourth-order valence-electron chi connectivity index (χ4n) is 4.43. The fraction of sp³-hybridized carbons (Fsp3) is 0.214. The lowest BCUT2D eigenvalue weighted by atomic mass is 9.94. The molecule has 1 aliphatic heterocycles. The molecule has 5 nitrogen and oxygen atoms in total. The van der Waals surface area contributed by atoms with Gasteiger partial charge in [-0.3, -0.25) is 14.5 Å². The molecule has 0 bridgehead atoms. The molecule has 1 fully saturated rings. The predicted octanol–water partition coefficient (Wildman–Crippen LogP) is 6.23. The van der Waals surface area contributed by atoms with Gasteiger partial charge in [-0.05, 0) is 62.7 Å². The molecular formula is C28H27BrN2O3. The van der Waals surface area contributed by atoms with Crippen LogP contribution in [0.5, 0.6) is 0 Å². The van der Waals surface area contributed by atoms with Crippen LogP contribution in [-0.2, 0) is 9.59 Å². The zero-order valence-electron chi connectivity index (χ0n) is 19.5. The fourth-order valence-corrected chi connectivity index (χ4v) is 4.69. The van der Waals surface area contributed by atoms with Gasteiger partial charge in [-0.25, -0.2) is 0 Å². The Labute approximate surface area is 208 Å². The highest BCUT2D eigenvalue weighted by molar-refractivity contribution is 9.10. The second kappa shape index (κ2) is 9.85. The maximum atomic E-state index is 13.3. The maximum Gasteiger partial charge on any atom is 0.300 e. The van der Waals surface area contributed by atoms with Gasteiger partial charge in [0.05, 0.1) is 11.6 Å². The Morgan fingerprint density at radius 1 is 0.971 bits per heavy atom. The van der Waals surface area contributed by atoms with Crippen molar-refractivity contribution in [2.45, 2.75) is 26.8 Å². The Morgan fingerprint density at radius 3 is 2.21 bits per heavy atom. The van der Waals surface area contributed by atoms with E-state index < -0.39 is 17.7 Å². The van der Waals surface area contributed by atoms with E-state index in [4.69, 9.17) is 0 Å². The van der Waals surface area contributed by atoms with Crippen LogP contribution in [0, 0.1) is 6.92 Å². The summed E-state index contributed by atoms with van der Waals surface area (Å²) in [6.07, 6.45) is 0. The molecule has 1 heterocycles. The first-order valence-corrected chi connectivity index (χ1v) is 12.1. The number of amides is 1. The van der Waals surface area contributed by atoms with Crippen LogP contribution in [0.2, 0.25) is 0 Å². The summed E-state index contributed by atoms with van der Waals surface area (Å²) in [4.78, 5) is 30.3. The Kier molecular flexibility index (Phi) is 6.89. The molecule has 174 valence electrons. The number of carbonyl (C=O) groups excluding carboxylic acids is 2. The number of aryl methyl sites for hydroxylation is 1. The van der Waals surface area contributed by atoms with Crippen LogP contribution in [0.4, 0.5) is 11.4 Å². The number of benzene rings is 3. The third kappa shape index (κ3) is 4.38. The number of aliphatic hydroxyl groups is 1. The molecule has 6 heteroatoms. The summed E-state index contributed by atoms with van der Waals surface area (Å²) in [5.41, 5.74) is 4.00. The number of Topliss-reactive ketones (excluding diaryl/α,β-unsaturated/α-hetero) is 1. The van der Waals surface area contributed by atoms with Gasteiger partial charge in [0.25, 0.3) is 11.7 Å². The van der Waals surface area contributed by atoms with Crippen LogP contribution < -0.4 is 9.80 Å². The van der Waals surface area contributed by atoms with Gasteiger partial charge >= 0.3 is 0 Å². The molecule has 1 aliphatic rings. The lowest BCUT2D eigenvalue weighted by Crippen LogP contribution is -2.29. The quantitative estimate of drug-likeness (QED) is 0.238. The van der Waals surface area contributed by atoms with Crippen LogP contribution >= 0.6 is 15.9 Å². The van der Waals surface area contributed by atoms with Crippen molar-refractivity contribution < 1.29 is 14.7 Å². The van der Waals surface area contributed by atoms with E-state index in [0.717, 1.165) is 34.4 Å². The van der Waals surface area contributed by atoms with E-state index in [1.54, 1.807) is 24.3 Å². The Balaban J connectivity index is 1.87. The number of halogens is 1. The molecule has 1 unspecified atom stereocenters. The average molecular weight is 519 g/mol. The SMILES string of the molecule is CCN(CC)c1ccc(N2C(=O)C(=O)/C(=C(\O)c3ccc(Br)cc3)C2c2cccc(C)c2)cc1. The van der Waals surface area contributed by atoms with E-state index in [2.05, 4.69) is 34.7 Å². The number of ketones is 1. The van der Waals surface area contributed by atoms with Gasteiger partial charge in [-0.15, -0.1) is 0 Å². The smallest absolute Gasteiger partial charge is 0.300 e. The van der Waals surface area contributed by atoms with Crippen molar-refractivity contribution in [2.75, 3.05) is 22.9 Å². The molecule has 0 saturated carbocycles. The third-order valence-corrected chi connectivity index (χ3v) is 6.71. The minimum atomic E-state index is -0.733. The highest BCUT2D eigenvalue weighted by Gasteiger charge is 2.47. The Bertz CT molecular complexity index is 1250. The molecular weight excluding hydrogens is 492 g/mol. The van der Waals surface area contributed by atoms with Gasteiger partial charge in [0, 0.05) is 34.5 Å². The molecule has 0 radical (unpaired) electrons. The van der Waals surface area contributed by atoms with Gasteiger partial charge in [0.2, 0.25) is 0 Å². The van der Waals surface area contributed by atoms with E-state index in [1.807, 2.05) is 55.5 Å². The van der Waals surface area contributed by atoms with Gasteiger partial charge in [-0.2, -0.15) is 0 Å². The molecule has 34 heavy (non-hydrogen) atoms. The maximum absolute atomic E-state index is 13.3. The molecule has 1 N–H and O–H groups in total. The van der Waals surface area contributed by atoms with Crippen LogP contribution in [0.3, 0.4) is 0 Å². The predicted molar refractivity (Wildman–Crippen MR) is 140 cm³/mol. The van der Waals surface area contributed by atoms with Crippen LogP contribution in [0.1, 0.15) is 36.6 Å². The first-order chi connectivity index (χ1) is 16.3. The second-order valence-corrected chi connectivity index (χ2v) is 9.19. The molecule has 0 aliphatic carbocycles. The zero-order valence-corrected chi connectivity index (χ0v) is 21.0. The van der Waals surface area contributed by atoms with Crippen molar-refractivity contribution >= 4 is 44.8 Å². The largest absolute Gasteiger partial charge is 0.507 e. The lowest BCUT2D eigenvalue weighted by molar-refractivity contribution is -0.132. The summed E-state index contributed by atoms with van der Waals surface area (Å²) in [6, 6.07) is 21.6. The molecule has 1 saturated heterocycles. The minimum absolute atomic E-state index is 0.0886. The number of anilines is 2. The van der Waals surface area contributed by atoms with Crippen molar-refractivity contribution in [3.63, 3.8) is 0 Å². The van der Waals surface area contributed by atoms with Crippen molar-refractivity contribution in [3.05, 3.63) is 99.5 Å². The number of hydrogen-bond donors (Lipinski definition) is 1. The molecule has 1 atom stereocenters. The van der Waals surface area contributed by atoms with Gasteiger partial charge in [0.15, 0.2) is 0 Å². The monoisotopic (exact) mass is 518 g/mol. The van der Waals surface area contributed by atoms with Crippen LogP contribution in [0.15, 0.2) is 82.8 Å². The van der Waals surface area contributed by atoms with E-state index in [1.165, 1.54) is 4.90 Å². The second-order valence-electron chi connectivity index (χ2n) is 8.28. The average Bonchev–Trinajstić information content (AvgIpc) is 3.11. The molecule has 1 amide bonds. The minimum Gasteiger partial charge on any atom is -0.507 e. The van der Waals surface area contributed by atoms with E-state index in [-0.39, 0.29) is 11.3 Å². The lowest BCUT2D eigenvalue weighted by Gasteiger charge is -2.27. The van der Waals surface area contributed by atoms with E-state index >= 15 is 0 Å². The van der Waals surface area contributed by atoms with Gasteiger partial charge < -0.3 is 10.0 Å². The summed E-state index contributed by atoms with van der Waals surface area (Å²) < 4.78 is 0.855. The van der Waals surface area contributed by atoms with Crippen molar-refractivity contribution in [1.82, 2.24) is 0 Å². The Hall–Kier alpha value is -3.38. The van der Waals surface area contributed by atoms with Gasteiger partial charge in [-0.1, -0.05) is 57.9 Å².